The van der Waals surface area contributed by atoms with Crippen molar-refractivity contribution < 1.29 is 9.53 Å². The van der Waals surface area contributed by atoms with Crippen molar-refractivity contribution in [3.8, 4) is 0 Å². The average Bonchev–Trinajstić information content (AvgIpc) is 2.31. The van der Waals surface area contributed by atoms with Gasteiger partial charge in [-0.2, -0.15) is 0 Å². The Morgan fingerprint density at radius 1 is 1.16 bits per heavy atom. The summed E-state index contributed by atoms with van der Waals surface area (Å²) in [6.07, 6.45) is 2.89. The van der Waals surface area contributed by atoms with Crippen LogP contribution in [0.25, 0.3) is 0 Å². The van der Waals surface area contributed by atoms with E-state index in [0.717, 1.165) is 32.4 Å². The summed E-state index contributed by atoms with van der Waals surface area (Å²) in [7, 11) is 0. The SMILES string of the molecule is CCCCC(N)COC(=O)N(CC(C)C)CC(C)C. The Labute approximate surface area is 118 Å². The van der Waals surface area contributed by atoms with E-state index < -0.39 is 0 Å². The number of unbranched alkanes of at least 4 members (excludes halogenated alkanes) is 1. The molecule has 4 nitrogen and oxygen atoms in total. The number of carbonyl (C=O) groups excluding carboxylic acids is 1. The number of rotatable bonds is 9. The van der Waals surface area contributed by atoms with Gasteiger partial charge in [-0.15, -0.1) is 0 Å². The summed E-state index contributed by atoms with van der Waals surface area (Å²) in [5.41, 5.74) is 5.91. The first kappa shape index (κ1) is 18.2. The molecule has 0 saturated heterocycles. The molecule has 4 heteroatoms. The average molecular weight is 272 g/mol. The summed E-state index contributed by atoms with van der Waals surface area (Å²) in [6.45, 7) is 12.3. The summed E-state index contributed by atoms with van der Waals surface area (Å²) in [4.78, 5) is 13.8. The summed E-state index contributed by atoms with van der Waals surface area (Å²) in [5, 5.41) is 0. The molecule has 0 aliphatic carbocycles. The molecule has 0 aliphatic heterocycles. The number of amides is 1. The first-order valence-electron chi connectivity index (χ1n) is 7.54. The molecule has 1 atom stereocenters. The fourth-order valence-corrected chi connectivity index (χ4v) is 1.92. The molecule has 2 N–H and O–H groups in total. The normalized spacial score (nSPS) is 12.8. The fourth-order valence-electron chi connectivity index (χ4n) is 1.92. The minimum atomic E-state index is -0.227. The number of carbonyl (C=O) groups is 1. The van der Waals surface area contributed by atoms with Crippen LogP contribution in [0.5, 0.6) is 0 Å². The van der Waals surface area contributed by atoms with Gasteiger partial charge in [0, 0.05) is 19.1 Å². The standard InChI is InChI=1S/C15H32N2O2/c1-6-7-8-14(16)11-19-15(18)17(9-12(2)3)10-13(4)5/h12-14H,6-11,16H2,1-5H3. The van der Waals surface area contributed by atoms with Crippen LogP contribution in [0.3, 0.4) is 0 Å². The van der Waals surface area contributed by atoms with Crippen molar-refractivity contribution >= 4 is 6.09 Å². The van der Waals surface area contributed by atoms with Crippen molar-refractivity contribution in [3.63, 3.8) is 0 Å². The molecule has 0 spiro atoms. The van der Waals surface area contributed by atoms with Gasteiger partial charge in [-0.05, 0) is 18.3 Å². The van der Waals surface area contributed by atoms with Crippen molar-refractivity contribution in [2.45, 2.75) is 59.9 Å². The third-order valence-electron chi connectivity index (χ3n) is 2.78. The first-order valence-corrected chi connectivity index (χ1v) is 7.54. The molecule has 0 aromatic rings. The quantitative estimate of drug-likeness (QED) is 0.701. The Hall–Kier alpha value is -0.770. The molecule has 0 fully saturated rings. The van der Waals surface area contributed by atoms with Gasteiger partial charge in [0.05, 0.1) is 0 Å². The highest BCUT2D eigenvalue weighted by atomic mass is 16.6. The van der Waals surface area contributed by atoms with Crippen LogP contribution in [0, 0.1) is 11.8 Å². The van der Waals surface area contributed by atoms with Crippen LogP contribution in [0.2, 0.25) is 0 Å². The molecule has 0 aromatic heterocycles. The van der Waals surface area contributed by atoms with Crippen molar-refractivity contribution in [1.29, 1.82) is 0 Å². The maximum atomic E-state index is 12.0. The van der Waals surface area contributed by atoms with Gasteiger partial charge in [-0.3, -0.25) is 0 Å². The highest BCUT2D eigenvalue weighted by Crippen LogP contribution is 2.07. The van der Waals surface area contributed by atoms with Crippen LogP contribution in [0.15, 0.2) is 0 Å². The molecule has 0 radical (unpaired) electrons. The third kappa shape index (κ3) is 9.77. The van der Waals surface area contributed by atoms with Crippen LogP contribution in [0.1, 0.15) is 53.9 Å². The van der Waals surface area contributed by atoms with E-state index in [1.165, 1.54) is 0 Å². The zero-order valence-electron chi connectivity index (χ0n) is 13.3. The zero-order chi connectivity index (χ0) is 14.8. The second kappa shape index (κ2) is 10.1. The topological polar surface area (TPSA) is 55.6 Å². The highest BCUT2D eigenvalue weighted by Gasteiger charge is 2.18. The van der Waals surface area contributed by atoms with E-state index in [4.69, 9.17) is 10.5 Å². The first-order chi connectivity index (χ1) is 8.86. The van der Waals surface area contributed by atoms with Gasteiger partial charge in [0.1, 0.15) is 6.61 Å². The van der Waals surface area contributed by atoms with Gasteiger partial charge in [-0.1, -0.05) is 47.5 Å². The van der Waals surface area contributed by atoms with Crippen molar-refractivity contribution in [1.82, 2.24) is 4.90 Å². The van der Waals surface area contributed by atoms with Gasteiger partial charge < -0.3 is 15.4 Å². The molecule has 114 valence electrons. The lowest BCUT2D eigenvalue weighted by Gasteiger charge is -2.26. The predicted molar refractivity (Wildman–Crippen MR) is 80.1 cm³/mol. The van der Waals surface area contributed by atoms with E-state index in [0.29, 0.717) is 18.4 Å². The van der Waals surface area contributed by atoms with Gasteiger partial charge in [0.15, 0.2) is 0 Å². The minimum absolute atomic E-state index is 0.0381. The molecule has 1 unspecified atom stereocenters. The van der Waals surface area contributed by atoms with Crippen LogP contribution in [-0.4, -0.2) is 36.7 Å². The smallest absolute Gasteiger partial charge is 0.409 e. The Bertz CT molecular complexity index is 232. The van der Waals surface area contributed by atoms with Crippen molar-refractivity contribution in [3.05, 3.63) is 0 Å². The zero-order valence-corrected chi connectivity index (χ0v) is 13.3. The summed E-state index contributed by atoms with van der Waals surface area (Å²) in [5.74, 6) is 0.889. The van der Waals surface area contributed by atoms with E-state index in [-0.39, 0.29) is 12.1 Å². The lowest BCUT2D eigenvalue weighted by molar-refractivity contribution is 0.0874. The Morgan fingerprint density at radius 3 is 2.11 bits per heavy atom. The van der Waals surface area contributed by atoms with Crippen molar-refractivity contribution in [2.75, 3.05) is 19.7 Å². The second-order valence-corrected chi connectivity index (χ2v) is 6.17. The van der Waals surface area contributed by atoms with Crippen LogP contribution in [0.4, 0.5) is 4.79 Å². The van der Waals surface area contributed by atoms with E-state index in [9.17, 15) is 4.79 Å². The van der Waals surface area contributed by atoms with Crippen molar-refractivity contribution in [2.24, 2.45) is 17.6 Å². The van der Waals surface area contributed by atoms with E-state index in [1.54, 1.807) is 4.90 Å². The number of hydrogen-bond donors (Lipinski definition) is 1. The number of nitrogens with two attached hydrogens (primary N) is 1. The lowest BCUT2D eigenvalue weighted by atomic mass is 10.1. The predicted octanol–water partition coefficient (Wildman–Crippen LogP) is 3.25. The molecular weight excluding hydrogens is 240 g/mol. The molecule has 19 heavy (non-hydrogen) atoms. The molecule has 0 bridgehead atoms. The summed E-state index contributed by atoms with van der Waals surface area (Å²) in [6, 6.07) is -0.0381. The molecule has 0 heterocycles. The van der Waals surface area contributed by atoms with E-state index in [1.807, 2.05) is 0 Å². The molecular formula is C15H32N2O2. The second-order valence-electron chi connectivity index (χ2n) is 6.17. The minimum Gasteiger partial charge on any atom is -0.448 e. The van der Waals surface area contributed by atoms with E-state index >= 15 is 0 Å². The Morgan fingerprint density at radius 2 is 1.68 bits per heavy atom. The number of ether oxygens (including phenoxy) is 1. The van der Waals surface area contributed by atoms with Crippen LogP contribution < -0.4 is 5.73 Å². The van der Waals surface area contributed by atoms with Gasteiger partial charge in [-0.25, -0.2) is 4.79 Å². The monoisotopic (exact) mass is 272 g/mol. The number of nitrogens with zero attached hydrogens (tertiary/aromatic N) is 1. The van der Waals surface area contributed by atoms with Crippen LogP contribution >= 0.6 is 0 Å². The van der Waals surface area contributed by atoms with Gasteiger partial charge in [0.25, 0.3) is 0 Å². The third-order valence-corrected chi connectivity index (χ3v) is 2.78. The van der Waals surface area contributed by atoms with Gasteiger partial charge >= 0.3 is 6.09 Å². The summed E-state index contributed by atoms with van der Waals surface area (Å²) < 4.78 is 5.33. The maximum absolute atomic E-state index is 12.0. The largest absolute Gasteiger partial charge is 0.448 e. The Balaban J connectivity index is 4.15. The lowest BCUT2D eigenvalue weighted by Crippen LogP contribution is -2.39. The molecule has 0 rings (SSSR count). The maximum Gasteiger partial charge on any atom is 0.409 e. The van der Waals surface area contributed by atoms with Crippen LogP contribution in [-0.2, 0) is 4.74 Å². The van der Waals surface area contributed by atoms with Gasteiger partial charge in [0.2, 0.25) is 0 Å². The molecule has 0 saturated carbocycles. The highest BCUT2D eigenvalue weighted by molar-refractivity contribution is 5.67. The van der Waals surface area contributed by atoms with E-state index in [2.05, 4.69) is 34.6 Å². The molecule has 1 amide bonds. The molecule has 0 aromatic carbocycles. The summed E-state index contributed by atoms with van der Waals surface area (Å²) >= 11 is 0. The molecule has 0 aliphatic rings. The fraction of sp³-hybridized carbons (Fsp3) is 0.933. The Kier molecular flexibility index (Phi) is 9.66. The number of hydrogen-bond acceptors (Lipinski definition) is 3.